The third kappa shape index (κ3) is 3.59. The lowest BCUT2D eigenvalue weighted by Gasteiger charge is -2.07. The normalized spacial score (nSPS) is 10.8. The van der Waals surface area contributed by atoms with Gasteiger partial charge in [-0.15, -0.1) is 0 Å². The molecule has 0 spiro atoms. The standard InChI is InChI=1S/C23H21N5O3/c1-14-20(15(2)28(26-14)16-9-5-4-6-10-16)21(29)23(31)25-24-22(30)18-13-27(3)19-12-8-7-11-17(18)19/h4-13H,1-3H3,(H,24,30)(H,25,31). The van der Waals surface area contributed by atoms with E-state index in [4.69, 9.17) is 0 Å². The molecule has 0 aliphatic carbocycles. The van der Waals surface area contributed by atoms with Crippen molar-refractivity contribution in [1.29, 1.82) is 0 Å². The summed E-state index contributed by atoms with van der Waals surface area (Å²) in [6.07, 6.45) is 1.67. The molecule has 31 heavy (non-hydrogen) atoms. The monoisotopic (exact) mass is 415 g/mol. The predicted molar refractivity (Wildman–Crippen MR) is 116 cm³/mol. The van der Waals surface area contributed by atoms with Gasteiger partial charge >= 0.3 is 5.91 Å². The lowest BCUT2D eigenvalue weighted by molar-refractivity contribution is -0.117. The molecule has 0 aliphatic heterocycles. The van der Waals surface area contributed by atoms with Gasteiger partial charge in [0, 0.05) is 24.1 Å². The largest absolute Gasteiger partial charge is 0.350 e. The number of nitrogens with zero attached hydrogens (tertiary/aromatic N) is 3. The second-order valence-corrected chi connectivity index (χ2v) is 7.20. The van der Waals surface area contributed by atoms with E-state index in [-0.39, 0.29) is 5.56 Å². The van der Waals surface area contributed by atoms with E-state index in [0.29, 0.717) is 17.0 Å². The zero-order chi connectivity index (χ0) is 22.1. The third-order valence-corrected chi connectivity index (χ3v) is 5.16. The number of amides is 2. The van der Waals surface area contributed by atoms with Crippen LogP contribution in [0.15, 0.2) is 60.8 Å². The third-order valence-electron chi connectivity index (χ3n) is 5.16. The molecule has 0 radical (unpaired) electrons. The maximum atomic E-state index is 12.8. The minimum absolute atomic E-state index is 0.209. The summed E-state index contributed by atoms with van der Waals surface area (Å²) >= 11 is 0. The summed E-state index contributed by atoms with van der Waals surface area (Å²) in [5.74, 6) is -2.21. The van der Waals surface area contributed by atoms with Gasteiger partial charge in [0.1, 0.15) is 0 Å². The molecule has 8 heteroatoms. The molecular formula is C23H21N5O3. The van der Waals surface area contributed by atoms with Gasteiger partial charge in [-0.05, 0) is 32.0 Å². The number of hydrazine groups is 1. The number of carbonyl (C=O) groups excluding carboxylic acids is 3. The van der Waals surface area contributed by atoms with Crippen LogP contribution in [-0.4, -0.2) is 31.9 Å². The number of rotatable bonds is 4. The average molecular weight is 415 g/mol. The van der Waals surface area contributed by atoms with Gasteiger partial charge in [0.2, 0.25) is 0 Å². The molecule has 2 aromatic carbocycles. The smallest absolute Gasteiger partial charge is 0.310 e. The number of hydrogen-bond acceptors (Lipinski definition) is 4. The number of para-hydroxylation sites is 2. The molecule has 156 valence electrons. The molecule has 0 saturated carbocycles. The fourth-order valence-electron chi connectivity index (χ4n) is 3.67. The van der Waals surface area contributed by atoms with Crippen LogP contribution < -0.4 is 10.9 Å². The summed E-state index contributed by atoms with van der Waals surface area (Å²) in [7, 11) is 1.83. The topological polar surface area (TPSA) is 98.0 Å². The Kier molecular flexibility index (Phi) is 5.12. The van der Waals surface area contributed by atoms with Crippen molar-refractivity contribution in [3.63, 3.8) is 0 Å². The van der Waals surface area contributed by atoms with Gasteiger partial charge in [-0.3, -0.25) is 25.2 Å². The van der Waals surface area contributed by atoms with Crippen molar-refractivity contribution in [3.8, 4) is 5.69 Å². The molecule has 2 amide bonds. The SMILES string of the molecule is Cc1nn(-c2ccccc2)c(C)c1C(=O)C(=O)NNC(=O)c1cn(C)c2ccccc12. The molecule has 4 aromatic rings. The van der Waals surface area contributed by atoms with E-state index in [0.717, 1.165) is 16.6 Å². The number of fused-ring (bicyclic) bond motifs is 1. The van der Waals surface area contributed by atoms with Crippen molar-refractivity contribution >= 4 is 28.5 Å². The molecule has 0 unspecified atom stereocenters. The van der Waals surface area contributed by atoms with E-state index in [2.05, 4.69) is 16.0 Å². The number of benzene rings is 2. The second-order valence-electron chi connectivity index (χ2n) is 7.20. The highest BCUT2D eigenvalue weighted by molar-refractivity contribution is 6.43. The average Bonchev–Trinajstić information content (AvgIpc) is 3.28. The van der Waals surface area contributed by atoms with E-state index in [1.54, 1.807) is 24.7 Å². The Morgan fingerprint density at radius 1 is 0.903 bits per heavy atom. The Bertz CT molecular complexity index is 1320. The van der Waals surface area contributed by atoms with E-state index in [1.165, 1.54) is 0 Å². The van der Waals surface area contributed by atoms with E-state index in [9.17, 15) is 14.4 Å². The second kappa shape index (κ2) is 7.91. The summed E-state index contributed by atoms with van der Waals surface area (Å²) in [5, 5.41) is 5.14. The highest BCUT2D eigenvalue weighted by Crippen LogP contribution is 2.20. The van der Waals surface area contributed by atoms with Crippen LogP contribution in [0.5, 0.6) is 0 Å². The summed E-state index contributed by atoms with van der Waals surface area (Å²) < 4.78 is 3.44. The Balaban J connectivity index is 1.51. The Morgan fingerprint density at radius 3 is 2.32 bits per heavy atom. The zero-order valence-corrected chi connectivity index (χ0v) is 17.3. The predicted octanol–water partition coefficient (Wildman–Crippen LogP) is 2.62. The molecule has 0 atom stereocenters. The summed E-state index contributed by atoms with van der Waals surface area (Å²) in [4.78, 5) is 37.8. The lowest BCUT2D eigenvalue weighted by atomic mass is 10.1. The molecule has 0 bridgehead atoms. The van der Waals surface area contributed by atoms with Crippen molar-refractivity contribution in [3.05, 3.63) is 83.3 Å². The number of Topliss-reactive ketones (excluding diaryl/α,β-unsaturated/α-hetero) is 1. The Morgan fingerprint density at radius 2 is 1.58 bits per heavy atom. The highest BCUT2D eigenvalue weighted by Gasteiger charge is 2.25. The molecular weight excluding hydrogens is 394 g/mol. The number of carbonyl (C=O) groups is 3. The maximum absolute atomic E-state index is 12.8. The Hall–Kier alpha value is -4.20. The van der Waals surface area contributed by atoms with Gasteiger partial charge in [-0.1, -0.05) is 36.4 Å². The van der Waals surface area contributed by atoms with E-state index < -0.39 is 17.6 Å². The quantitative estimate of drug-likeness (QED) is 0.304. The fourth-order valence-corrected chi connectivity index (χ4v) is 3.67. The molecule has 0 aliphatic rings. The summed E-state index contributed by atoms with van der Waals surface area (Å²) in [6.45, 7) is 3.39. The summed E-state index contributed by atoms with van der Waals surface area (Å²) in [6, 6.07) is 16.8. The highest BCUT2D eigenvalue weighted by atomic mass is 16.2. The molecule has 8 nitrogen and oxygen atoms in total. The van der Waals surface area contributed by atoms with Crippen molar-refractivity contribution < 1.29 is 14.4 Å². The first-order valence-corrected chi connectivity index (χ1v) is 9.69. The van der Waals surface area contributed by atoms with Crippen LogP contribution in [0, 0.1) is 13.8 Å². The molecule has 4 rings (SSSR count). The molecule has 0 saturated heterocycles. The minimum Gasteiger partial charge on any atom is -0.350 e. The van der Waals surface area contributed by atoms with Gasteiger partial charge in [-0.2, -0.15) is 5.10 Å². The lowest BCUT2D eigenvalue weighted by Crippen LogP contribution is -2.45. The van der Waals surface area contributed by atoms with Gasteiger partial charge in [0.25, 0.3) is 11.7 Å². The number of nitrogens with one attached hydrogen (secondary N) is 2. The minimum atomic E-state index is -0.938. The van der Waals surface area contributed by atoms with Crippen LogP contribution in [0.2, 0.25) is 0 Å². The van der Waals surface area contributed by atoms with Crippen LogP contribution in [0.25, 0.3) is 16.6 Å². The first-order chi connectivity index (χ1) is 14.9. The first kappa shape index (κ1) is 20.1. The van der Waals surface area contributed by atoms with E-state index >= 15 is 0 Å². The number of ketones is 1. The van der Waals surface area contributed by atoms with Crippen molar-refractivity contribution in [1.82, 2.24) is 25.2 Å². The fraction of sp³-hybridized carbons (Fsp3) is 0.130. The van der Waals surface area contributed by atoms with Gasteiger partial charge in [0.15, 0.2) is 0 Å². The first-order valence-electron chi connectivity index (χ1n) is 9.69. The van der Waals surface area contributed by atoms with Crippen LogP contribution in [0.3, 0.4) is 0 Å². The van der Waals surface area contributed by atoms with Crippen LogP contribution in [0.4, 0.5) is 0 Å². The summed E-state index contributed by atoms with van der Waals surface area (Å²) in [5.41, 5.74) is 7.81. The van der Waals surface area contributed by atoms with Gasteiger partial charge < -0.3 is 4.57 Å². The molecule has 2 N–H and O–H groups in total. The number of aromatic nitrogens is 3. The van der Waals surface area contributed by atoms with Crippen molar-refractivity contribution in [2.24, 2.45) is 7.05 Å². The van der Waals surface area contributed by atoms with Gasteiger partial charge in [0.05, 0.1) is 28.2 Å². The maximum Gasteiger partial charge on any atom is 0.310 e. The molecule has 2 heterocycles. The molecule has 0 fully saturated rings. The Labute approximate surface area is 178 Å². The van der Waals surface area contributed by atoms with Gasteiger partial charge in [-0.25, -0.2) is 4.68 Å². The van der Waals surface area contributed by atoms with Crippen LogP contribution in [0.1, 0.15) is 32.1 Å². The van der Waals surface area contributed by atoms with Crippen LogP contribution in [-0.2, 0) is 11.8 Å². The zero-order valence-electron chi connectivity index (χ0n) is 17.3. The van der Waals surface area contributed by atoms with E-state index in [1.807, 2.05) is 66.2 Å². The molecule has 2 aromatic heterocycles. The van der Waals surface area contributed by atoms with Crippen molar-refractivity contribution in [2.75, 3.05) is 0 Å². The van der Waals surface area contributed by atoms with Crippen LogP contribution >= 0.6 is 0 Å². The number of hydrogen-bond donors (Lipinski definition) is 2. The number of aryl methyl sites for hydroxylation is 2. The van der Waals surface area contributed by atoms with Crippen molar-refractivity contribution in [2.45, 2.75) is 13.8 Å².